The van der Waals surface area contributed by atoms with Gasteiger partial charge in [-0.25, -0.2) is 4.99 Å². The van der Waals surface area contributed by atoms with Crippen molar-refractivity contribution in [1.29, 1.82) is 0 Å². The molecule has 0 amide bonds. The highest BCUT2D eigenvalue weighted by Crippen LogP contribution is 2.39. The minimum Gasteiger partial charge on any atom is -0.356 e. The second-order valence-electron chi connectivity index (χ2n) is 4.26. The lowest BCUT2D eigenvalue weighted by Crippen LogP contribution is -2.36. The van der Waals surface area contributed by atoms with Crippen molar-refractivity contribution < 1.29 is 0 Å². The van der Waals surface area contributed by atoms with E-state index in [1.54, 1.807) is 0 Å². The van der Waals surface area contributed by atoms with Crippen LogP contribution in [0.3, 0.4) is 0 Å². The Morgan fingerprint density at radius 3 is 2.81 bits per heavy atom. The summed E-state index contributed by atoms with van der Waals surface area (Å²) < 4.78 is 0. The Labute approximate surface area is 105 Å². The number of aliphatic imine (C=N–C) groups is 1. The van der Waals surface area contributed by atoms with Gasteiger partial charge < -0.3 is 4.90 Å². The monoisotopic (exact) mass is 254 g/mol. The second-order valence-corrected chi connectivity index (χ2v) is 5.08. The lowest BCUT2D eigenvalue weighted by atomic mass is 10.0. The molecule has 1 aromatic carbocycles. The van der Waals surface area contributed by atoms with Crippen LogP contribution >= 0.6 is 23.2 Å². The molecule has 16 heavy (non-hydrogen) atoms. The zero-order valence-corrected chi connectivity index (χ0v) is 10.4. The Morgan fingerprint density at radius 2 is 1.94 bits per heavy atom. The van der Waals surface area contributed by atoms with Crippen molar-refractivity contribution >= 4 is 34.7 Å². The molecule has 1 saturated heterocycles. The molecule has 0 unspecified atom stereocenters. The molecule has 0 spiro atoms. The fourth-order valence-corrected chi connectivity index (χ4v) is 2.78. The molecule has 0 radical (unpaired) electrons. The SMILES string of the molecule is Clc1ccc(Cl)c2c1CN1CCCCC1=N2. The van der Waals surface area contributed by atoms with Gasteiger partial charge in [0, 0.05) is 30.1 Å². The van der Waals surface area contributed by atoms with E-state index in [-0.39, 0.29) is 0 Å². The van der Waals surface area contributed by atoms with E-state index in [1.165, 1.54) is 18.7 Å². The summed E-state index contributed by atoms with van der Waals surface area (Å²) in [4.78, 5) is 6.97. The standard InChI is InChI=1S/C12H12Cl2N2/c13-9-4-5-10(14)12-8(9)7-16-6-2-1-3-11(16)15-12/h4-5H,1-3,6-7H2. The van der Waals surface area contributed by atoms with Gasteiger partial charge in [-0.1, -0.05) is 23.2 Å². The van der Waals surface area contributed by atoms with Crippen molar-refractivity contribution in [3.05, 3.63) is 27.7 Å². The molecule has 0 N–H and O–H groups in total. The molecule has 2 aliphatic rings. The average molecular weight is 255 g/mol. The largest absolute Gasteiger partial charge is 0.356 e. The van der Waals surface area contributed by atoms with Crippen LogP contribution in [-0.4, -0.2) is 17.3 Å². The number of rotatable bonds is 0. The Bertz CT molecular complexity index is 468. The number of fused-ring (bicyclic) bond motifs is 2. The first-order chi connectivity index (χ1) is 7.75. The topological polar surface area (TPSA) is 15.6 Å². The van der Waals surface area contributed by atoms with Crippen molar-refractivity contribution in [3.63, 3.8) is 0 Å². The van der Waals surface area contributed by atoms with E-state index < -0.39 is 0 Å². The molecule has 0 aromatic heterocycles. The quantitative estimate of drug-likeness (QED) is 0.683. The van der Waals surface area contributed by atoms with E-state index in [0.717, 1.165) is 35.8 Å². The number of amidine groups is 1. The van der Waals surface area contributed by atoms with Crippen molar-refractivity contribution in [2.45, 2.75) is 25.8 Å². The molecule has 2 nitrogen and oxygen atoms in total. The smallest absolute Gasteiger partial charge is 0.105 e. The van der Waals surface area contributed by atoms with E-state index >= 15 is 0 Å². The molecular formula is C12H12Cl2N2. The zero-order valence-electron chi connectivity index (χ0n) is 8.84. The molecule has 2 aliphatic heterocycles. The van der Waals surface area contributed by atoms with Gasteiger partial charge in [0.1, 0.15) is 5.84 Å². The molecule has 4 heteroatoms. The van der Waals surface area contributed by atoms with Crippen LogP contribution in [-0.2, 0) is 6.54 Å². The molecular weight excluding hydrogens is 243 g/mol. The number of hydrogen-bond acceptors (Lipinski definition) is 2. The fourth-order valence-electron chi connectivity index (χ4n) is 2.34. The van der Waals surface area contributed by atoms with Gasteiger partial charge in [-0.3, -0.25) is 0 Å². The van der Waals surface area contributed by atoms with Crippen LogP contribution in [0.4, 0.5) is 5.69 Å². The molecule has 1 fully saturated rings. The number of benzene rings is 1. The van der Waals surface area contributed by atoms with Crippen LogP contribution < -0.4 is 0 Å². The van der Waals surface area contributed by atoms with Crippen molar-refractivity contribution in [2.75, 3.05) is 6.54 Å². The maximum atomic E-state index is 6.19. The minimum absolute atomic E-state index is 0.706. The maximum absolute atomic E-state index is 6.19. The summed E-state index contributed by atoms with van der Waals surface area (Å²) >= 11 is 12.4. The van der Waals surface area contributed by atoms with Crippen LogP contribution in [0.15, 0.2) is 17.1 Å². The first kappa shape index (κ1) is 10.4. The lowest BCUT2D eigenvalue weighted by Gasteiger charge is -2.34. The van der Waals surface area contributed by atoms with Crippen LogP contribution in [0.2, 0.25) is 10.0 Å². The zero-order chi connectivity index (χ0) is 11.1. The Morgan fingerprint density at radius 1 is 1.12 bits per heavy atom. The van der Waals surface area contributed by atoms with Gasteiger partial charge in [0.05, 0.1) is 10.7 Å². The summed E-state index contributed by atoms with van der Waals surface area (Å²) in [5.41, 5.74) is 1.95. The lowest BCUT2D eigenvalue weighted by molar-refractivity contribution is 0.359. The summed E-state index contributed by atoms with van der Waals surface area (Å²) in [5.74, 6) is 1.17. The van der Waals surface area contributed by atoms with Gasteiger partial charge >= 0.3 is 0 Å². The number of nitrogens with zero attached hydrogens (tertiary/aromatic N) is 2. The summed E-state index contributed by atoms with van der Waals surface area (Å²) in [5, 5.41) is 1.48. The molecule has 84 valence electrons. The number of hydrogen-bond donors (Lipinski definition) is 0. The summed E-state index contributed by atoms with van der Waals surface area (Å²) in [7, 11) is 0. The maximum Gasteiger partial charge on any atom is 0.105 e. The van der Waals surface area contributed by atoms with Gasteiger partial charge in [-0.05, 0) is 25.0 Å². The highest BCUT2D eigenvalue weighted by atomic mass is 35.5. The Balaban J connectivity index is 2.12. The van der Waals surface area contributed by atoms with Gasteiger partial charge in [0.2, 0.25) is 0 Å². The van der Waals surface area contributed by atoms with Gasteiger partial charge in [0.25, 0.3) is 0 Å². The third kappa shape index (κ3) is 1.61. The van der Waals surface area contributed by atoms with Crippen LogP contribution in [0, 0.1) is 0 Å². The van der Waals surface area contributed by atoms with Crippen LogP contribution in [0.5, 0.6) is 0 Å². The fraction of sp³-hybridized carbons (Fsp3) is 0.417. The molecule has 1 aromatic rings. The normalized spacial score (nSPS) is 18.9. The van der Waals surface area contributed by atoms with Gasteiger partial charge in [-0.15, -0.1) is 0 Å². The average Bonchev–Trinajstić information content (AvgIpc) is 2.32. The number of halogens is 2. The molecule has 0 bridgehead atoms. The third-order valence-electron chi connectivity index (χ3n) is 3.21. The van der Waals surface area contributed by atoms with Crippen molar-refractivity contribution in [3.8, 4) is 0 Å². The van der Waals surface area contributed by atoms with E-state index in [4.69, 9.17) is 23.2 Å². The highest BCUT2D eigenvalue weighted by Gasteiger charge is 2.25. The first-order valence-electron chi connectivity index (χ1n) is 5.55. The highest BCUT2D eigenvalue weighted by molar-refractivity contribution is 6.36. The van der Waals surface area contributed by atoms with E-state index in [0.29, 0.717) is 5.02 Å². The van der Waals surface area contributed by atoms with E-state index in [2.05, 4.69) is 9.89 Å². The summed E-state index contributed by atoms with van der Waals surface area (Å²) in [6.45, 7) is 1.94. The molecule has 2 heterocycles. The molecule has 0 atom stereocenters. The summed E-state index contributed by atoms with van der Waals surface area (Å²) in [6, 6.07) is 3.68. The van der Waals surface area contributed by atoms with E-state index in [9.17, 15) is 0 Å². The minimum atomic E-state index is 0.706. The van der Waals surface area contributed by atoms with Crippen LogP contribution in [0.1, 0.15) is 24.8 Å². The van der Waals surface area contributed by atoms with Crippen molar-refractivity contribution in [1.82, 2.24) is 4.90 Å². The molecule has 0 aliphatic carbocycles. The van der Waals surface area contributed by atoms with Gasteiger partial charge in [0.15, 0.2) is 0 Å². The Kier molecular flexibility index (Phi) is 2.56. The Hall–Kier alpha value is -0.730. The third-order valence-corrected chi connectivity index (χ3v) is 3.87. The predicted octanol–water partition coefficient (Wildman–Crippen LogP) is 4.02. The molecule has 0 saturated carbocycles. The predicted molar refractivity (Wildman–Crippen MR) is 67.8 cm³/mol. The van der Waals surface area contributed by atoms with Gasteiger partial charge in [-0.2, -0.15) is 0 Å². The first-order valence-corrected chi connectivity index (χ1v) is 6.30. The van der Waals surface area contributed by atoms with Crippen LogP contribution in [0.25, 0.3) is 0 Å². The second kappa shape index (κ2) is 3.94. The summed E-state index contributed by atoms with van der Waals surface area (Å²) in [6.07, 6.45) is 3.53. The van der Waals surface area contributed by atoms with Crippen molar-refractivity contribution in [2.24, 2.45) is 4.99 Å². The molecule has 3 rings (SSSR count). The van der Waals surface area contributed by atoms with E-state index in [1.807, 2.05) is 12.1 Å². The number of piperidine rings is 1.